The van der Waals surface area contributed by atoms with E-state index in [2.05, 4.69) is 30.6 Å². The second-order valence-electron chi connectivity index (χ2n) is 8.66. The van der Waals surface area contributed by atoms with Crippen LogP contribution in [0.1, 0.15) is 53.4 Å². The first kappa shape index (κ1) is 18.9. The van der Waals surface area contributed by atoms with Gasteiger partial charge in [-0.1, -0.05) is 0 Å². The van der Waals surface area contributed by atoms with Crippen LogP contribution in [0.2, 0.25) is 0 Å². The van der Waals surface area contributed by atoms with E-state index in [4.69, 9.17) is 0 Å². The van der Waals surface area contributed by atoms with Gasteiger partial charge in [-0.05, 0) is 50.1 Å². The van der Waals surface area contributed by atoms with Crippen molar-refractivity contribution < 1.29 is 9.18 Å². The lowest BCUT2D eigenvalue weighted by atomic mass is 9.99. The number of halogens is 1. The number of anilines is 1. The number of aromatic amines is 1. The highest BCUT2D eigenvalue weighted by Crippen LogP contribution is 2.36. The zero-order chi connectivity index (χ0) is 21.9. The molecule has 4 aromatic rings. The van der Waals surface area contributed by atoms with E-state index >= 15 is 0 Å². The van der Waals surface area contributed by atoms with Gasteiger partial charge in [-0.2, -0.15) is 5.10 Å². The van der Waals surface area contributed by atoms with Gasteiger partial charge in [0.25, 0.3) is 5.91 Å². The van der Waals surface area contributed by atoms with Crippen LogP contribution in [0.5, 0.6) is 0 Å². The Labute approximate surface area is 182 Å². The summed E-state index contributed by atoms with van der Waals surface area (Å²) in [6, 6.07) is 7.89. The molecule has 5 heterocycles. The first-order valence-corrected chi connectivity index (χ1v) is 10.6. The monoisotopic (exact) mass is 432 g/mol. The van der Waals surface area contributed by atoms with Crippen LogP contribution in [0.15, 0.2) is 42.9 Å². The van der Waals surface area contributed by atoms with Crippen molar-refractivity contribution in [2.75, 3.05) is 11.4 Å². The first-order chi connectivity index (χ1) is 15.5. The number of nitrogens with one attached hydrogen (secondary N) is 2. The number of pyridine rings is 1. The maximum atomic E-state index is 14.3. The van der Waals surface area contributed by atoms with Crippen LogP contribution in [0.4, 0.5) is 10.2 Å². The summed E-state index contributed by atoms with van der Waals surface area (Å²) in [5.74, 6) is 0.0513. The minimum atomic E-state index is -0.358. The third-order valence-corrected chi connectivity index (χ3v) is 6.27. The minimum absolute atomic E-state index is 0.121. The summed E-state index contributed by atoms with van der Waals surface area (Å²) in [7, 11) is 0. The van der Waals surface area contributed by atoms with Crippen LogP contribution in [-0.4, -0.2) is 47.8 Å². The Morgan fingerprint density at radius 1 is 1.28 bits per heavy atom. The molecule has 1 fully saturated rings. The average molecular weight is 432 g/mol. The van der Waals surface area contributed by atoms with Crippen molar-refractivity contribution >= 4 is 17.2 Å². The third kappa shape index (κ3) is 3.10. The number of carbonyl (C=O) groups is 1. The van der Waals surface area contributed by atoms with Crippen LogP contribution in [0.25, 0.3) is 5.52 Å². The van der Waals surface area contributed by atoms with Gasteiger partial charge in [0.1, 0.15) is 17.4 Å². The number of hydrogen-bond acceptors (Lipinski definition) is 6. The molecule has 0 saturated heterocycles. The molecule has 32 heavy (non-hydrogen) atoms. The summed E-state index contributed by atoms with van der Waals surface area (Å²) in [6.45, 7) is 2.67. The highest BCUT2D eigenvalue weighted by Gasteiger charge is 2.39. The Hall–Kier alpha value is -3.82. The molecule has 0 aromatic carbocycles. The van der Waals surface area contributed by atoms with E-state index in [1.165, 1.54) is 10.6 Å². The second kappa shape index (κ2) is 6.84. The lowest BCUT2D eigenvalue weighted by molar-refractivity contribution is 0.0929. The molecule has 1 aliphatic heterocycles. The molecule has 4 aromatic heterocycles. The van der Waals surface area contributed by atoms with E-state index in [1.807, 2.05) is 11.8 Å². The molecule has 10 heteroatoms. The molecule has 1 aliphatic carbocycles. The predicted molar refractivity (Wildman–Crippen MR) is 114 cm³/mol. The molecule has 6 rings (SSSR count). The molecule has 162 valence electrons. The fourth-order valence-electron chi connectivity index (χ4n) is 4.21. The number of fused-ring (bicyclic) bond motifs is 2. The number of carbonyl (C=O) groups excluding carboxylic acids is 1. The number of aromatic nitrogens is 6. The zero-order valence-corrected chi connectivity index (χ0v) is 17.4. The first-order valence-electron chi connectivity index (χ1n) is 10.6. The van der Waals surface area contributed by atoms with E-state index in [0.717, 1.165) is 30.7 Å². The molecule has 1 amide bonds. The number of nitrogens with zero attached hydrogens (tertiary/aromatic N) is 6. The largest absolute Gasteiger partial charge is 0.348 e. The fourth-order valence-corrected chi connectivity index (χ4v) is 4.21. The Morgan fingerprint density at radius 2 is 2.16 bits per heavy atom. The van der Waals surface area contributed by atoms with Crippen molar-refractivity contribution in [2.45, 2.75) is 37.8 Å². The summed E-state index contributed by atoms with van der Waals surface area (Å²) >= 11 is 0. The Bertz CT molecular complexity index is 1320. The summed E-state index contributed by atoms with van der Waals surface area (Å²) in [5, 5.41) is 16.1. The van der Waals surface area contributed by atoms with Crippen LogP contribution >= 0.6 is 0 Å². The Kier molecular flexibility index (Phi) is 4.04. The van der Waals surface area contributed by atoms with Gasteiger partial charge in [0.2, 0.25) is 0 Å². The summed E-state index contributed by atoms with van der Waals surface area (Å²) in [5.41, 5.74) is 3.07. The smallest absolute Gasteiger partial charge is 0.272 e. The lowest BCUT2D eigenvalue weighted by Crippen LogP contribution is -2.38. The molecular formula is C22H21FN8O. The molecular weight excluding hydrogens is 411 g/mol. The van der Waals surface area contributed by atoms with Gasteiger partial charge in [-0.25, -0.2) is 13.9 Å². The van der Waals surface area contributed by atoms with Crippen molar-refractivity contribution in [3.63, 3.8) is 0 Å². The van der Waals surface area contributed by atoms with Crippen molar-refractivity contribution in [1.82, 2.24) is 35.1 Å². The Balaban J connectivity index is 1.37. The molecule has 0 bridgehead atoms. The Morgan fingerprint density at radius 3 is 2.91 bits per heavy atom. The SMILES string of the molecule is CC1(NC(=O)c2ccc(N3CCc4[nH]cnc4[C@@H]3c3cc4c(F)cccn4n3)nn2)CC1. The lowest BCUT2D eigenvalue weighted by Gasteiger charge is -2.34. The predicted octanol–water partition coefficient (Wildman–Crippen LogP) is 2.42. The number of imidazole rings is 1. The van der Waals surface area contributed by atoms with Crippen LogP contribution in [0.3, 0.4) is 0 Å². The fraction of sp³-hybridized carbons (Fsp3) is 0.318. The quantitative estimate of drug-likeness (QED) is 0.513. The second-order valence-corrected chi connectivity index (χ2v) is 8.66. The molecule has 2 N–H and O–H groups in total. The molecule has 0 unspecified atom stereocenters. The average Bonchev–Trinajstić information content (AvgIpc) is 3.19. The molecule has 0 radical (unpaired) electrons. The van der Waals surface area contributed by atoms with E-state index in [0.29, 0.717) is 23.6 Å². The highest BCUT2D eigenvalue weighted by molar-refractivity contribution is 5.93. The van der Waals surface area contributed by atoms with E-state index < -0.39 is 0 Å². The van der Waals surface area contributed by atoms with Gasteiger partial charge < -0.3 is 15.2 Å². The standard InChI is InChI=1S/C22H21FN8O/c1-22(7-8-22)26-21(32)15-4-5-18(28-27-15)30-10-6-14-19(25-12-24-14)20(30)16-11-17-13(23)3-2-9-31(17)29-16/h2-5,9,11-12,20H,6-8,10H2,1H3,(H,24,25)(H,26,32)/t20-/m0/s1. The number of hydrogen-bond donors (Lipinski definition) is 2. The van der Waals surface area contributed by atoms with E-state index in [1.54, 1.807) is 36.8 Å². The van der Waals surface area contributed by atoms with E-state index in [-0.39, 0.29) is 29.0 Å². The topological polar surface area (TPSA) is 104 Å². The van der Waals surface area contributed by atoms with Crippen molar-refractivity contribution in [3.8, 4) is 0 Å². The number of rotatable bonds is 4. The molecule has 0 spiro atoms. The van der Waals surface area contributed by atoms with Crippen LogP contribution < -0.4 is 10.2 Å². The molecule has 2 aliphatic rings. The van der Waals surface area contributed by atoms with Gasteiger partial charge >= 0.3 is 0 Å². The number of amides is 1. The summed E-state index contributed by atoms with van der Waals surface area (Å²) in [4.78, 5) is 22.2. The molecule has 9 nitrogen and oxygen atoms in total. The van der Waals surface area contributed by atoms with Gasteiger partial charge in [-0.3, -0.25) is 4.79 Å². The van der Waals surface area contributed by atoms with Gasteiger partial charge in [0.15, 0.2) is 11.5 Å². The van der Waals surface area contributed by atoms with Gasteiger partial charge in [-0.15, -0.1) is 10.2 Å². The maximum Gasteiger partial charge on any atom is 0.272 e. The normalized spacial score (nSPS) is 19.1. The molecule has 1 atom stereocenters. The van der Waals surface area contributed by atoms with Gasteiger partial charge in [0, 0.05) is 30.4 Å². The zero-order valence-electron chi connectivity index (χ0n) is 17.4. The minimum Gasteiger partial charge on any atom is -0.348 e. The van der Waals surface area contributed by atoms with Gasteiger partial charge in [0.05, 0.1) is 17.7 Å². The van der Waals surface area contributed by atoms with E-state index in [9.17, 15) is 9.18 Å². The van der Waals surface area contributed by atoms with Crippen LogP contribution in [0, 0.1) is 5.82 Å². The number of H-pyrrole nitrogens is 1. The maximum absolute atomic E-state index is 14.3. The van der Waals surface area contributed by atoms with Crippen molar-refractivity contribution in [3.05, 3.63) is 71.4 Å². The third-order valence-electron chi connectivity index (χ3n) is 6.27. The van der Waals surface area contributed by atoms with Crippen LogP contribution in [-0.2, 0) is 6.42 Å². The van der Waals surface area contributed by atoms with Crippen molar-refractivity contribution in [2.24, 2.45) is 0 Å². The summed E-state index contributed by atoms with van der Waals surface area (Å²) < 4.78 is 15.8. The van der Waals surface area contributed by atoms with Crippen molar-refractivity contribution in [1.29, 1.82) is 0 Å². The highest BCUT2D eigenvalue weighted by atomic mass is 19.1. The molecule has 1 saturated carbocycles. The summed E-state index contributed by atoms with van der Waals surface area (Å²) in [6.07, 6.45) is 6.08.